The monoisotopic (exact) mass is 320 g/mol. The van der Waals surface area contributed by atoms with E-state index in [4.69, 9.17) is 9.47 Å². The molecule has 0 aliphatic rings. The summed E-state index contributed by atoms with van der Waals surface area (Å²) in [5.41, 5.74) is 7.10. The Balaban J connectivity index is 2.71. The molecule has 0 aliphatic carbocycles. The van der Waals surface area contributed by atoms with Gasteiger partial charge in [-0.05, 0) is 11.1 Å². The second kappa shape index (κ2) is 8.35. The molecule has 0 N–H and O–H groups in total. The van der Waals surface area contributed by atoms with Crippen molar-refractivity contribution >= 4 is 23.1 Å². The second-order valence-electron chi connectivity index (χ2n) is 4.72. The fraction of sp³-hybridized carbons (Fsp3) is 0.100. The number of methoxy groups -OCH3 is 2. The summed E-state index contributed by atoms with van der Waals surface area (Å²) in [5.74, 6) is -1.13. The number of esters is 2. The molecule has 0 saturated heterocycles. The van der Waals surface area contributed by atoms with E-state index in [1.165, 1.54) is 14.2 Å². The van der Waals surface area contributed by atoms with Gasteiger partial charge >= 0.3 is 11.9 Å². The summed E-state index contributed by atoms with van der Waals surface area (Å²) in [6.07, 6.45) is 0. The molecule has 2 rings (SSSR count). The number of hydrogen-bond acceptors (Lipinski definition) is 4. The van der Waals surface area contributed by atoms with E-state index in [-0.39, 0.29) is 11.1 Å². The molecule has 0 fully saturated rings. The third-order valence-electron chi connectivity index (χ3n) is 3.22. The Morgan fingerprint density at radius 3 is 1.29 bits per heavy atom. The Morgan fingerprint density at radius 1 is 0.667 bits per heavy atom. The van der Waals surface area contributed by atoms with Crippen LogP contribution >= 0.6 is 0 Å². The Hall–Kier alpha value is -3.32. The van der Waals surface area contributed by atoms with E-state index >= 15 is 0 Å². The van der Waals surface area contributed by atoms with E-state index in [0.29, 0.717) is 11.1 Å². The third kappa shape index (κ3) is 4.11. The molecule has 0 atom stereocenters. The lowest BCUT2D eigenvalue weighted by molar-refractivity contribution is -0.134. The van der Waals surface area contributed by atoms with Gasteiger partial charge in [-0.15, -0.1) is 0 Å². The van der Waals surface area contributed by atoms with Crippen LogP contribution in [0.1, 0.15) is 11.1 Å². The molecule has 0 saturated carbocycles. The van der Waals surface area contributed by atoms with Crippen LogP contribution in [0.4, 0.5) is 0 Å². The largest absolute Gasteiger partial charge is 0.465 e. The van der Waals surface area contributed by atoms with E-state index in [9.17, 15) is 9.59 Å². The minimum atomic E-state index is -0.564. The van der Waals surface area contributed by atoms with Crippen LogP contribution in [0, 0.1) is 0 Å². The Morgan fingerprint density at radius 2 is 1.00 bits per heavy atom. The maximum Gasteiger partial charge on any atom is 0.347 e. The van der Waals surface area contributed by atoms with Crippen LogP contribution in [0.3, 0.4) is 0 Å². The van der Waals surface area contributed by atoms with Crippen LogP contribution in [0.25, 0.3) is 11.1 Å². The van der Waals surface area contributed by atoms with Crippen molar-refractivity contribution in [1.29, 1.82) is 0 Å². The van der Waals surface area contributed by atoms with E-state index in [1.807, 2.05) is 12.1 Å². The molecule has 2 aromatic carbocycles. The highest BCUT2D eigenvalue weighted by molar-refractivity contribution is 6.18. The van der Waals surface area contributed by atoms with Gasteiger partial charge in [0.05, 0.1) is 14.2 Å². The molecule has 0 amide bonds. The highest BCUT2D eigenvalue weighted by atomic mass is 16.5. The van der Waals surface area contributed by atoms with Gasteiger partial charge in [-0.1, -0.05) is 72.1 Å². The molecule has 0 aromatic heterocycles. The Bertz CT molecular complexity index is 751. The zero-order valence-electron chi connectivity index (χ0n) is 13.4. The van der Waals surface area contributed by atoms with Crippen LogP contribution in [0.5, 0.6) is 0 Å². The molecule has 0 spiro atoms. The van der Waals surface area contributed by atoms with Crippen molar-refractivity contribution in [3.05, 3.63) is 83.3 Å². The topological polar surface area (TPSA) is 52.6 Å². The molecule has 0 heterocycles. The predicted octanol–water partition coefficient (Wildman–Crippen LogP) is 3.25. The molecule has 4 nitrogen and oxygen atoms in total. The summed E-state index contributed by atoms with van der Waals surface area (Å²) in [5, 5.41) is 0. The van der Waals surface area contributed by atoms with E-state index in [2.05, 4.69) is 11.5 Å². The average molecular weight is 320 g/mol. The molecule has 0 bridgehead atoms. The predicted molar refractivity (Wildman–Crippen MR) is 90.8 cm³/mol. The zero-order chi connectivity index (χ0) is 17.4. The summed E-state index contributed by atoms with van der Waals surface area (Å²) >= 11 is 0. The fourth-order valence-electron chi connectivity index (χ4n) is 2.02. The molecule has 0 aliphatic heterocycles. The van der Waals surface area contributed by atoms with Gasteiger partial charge in [0, 0.05) is 0 Å². The van der Waals surface area contributed by atoms with Crippen molar-refractivity contribution in [1.82, 2.24) is 0 Å². The molecule has 24 heavy (non-hydrogen) atoms. The second-order valence-corrected chi connectivity index (χ2v) is 4.72. The molecule has 0 radical (unpaired) electrons. The van der Waals surface area contributed by atoms with Crippen molar-refractivity contribution in [2.24, 2.45) is 0 Å². The van der Waals surface area contributed by atoms with Crippen LogP contribution in [0.2, 0.25) is 0 Å². The van der Waals surface area contributed by atoms with Gasteiger partial charge in [-0.25, -0.2) is 9.59 Å². The van der Waals surface area contributed by atoms with Crippen LogP contribution < -0.4 is 0 Å². The quantitative estimate of drug-likeness (QED) is 0.493. The fourth-order valence-corrected chi connectivity index (χ4v) is 2.02. The third-order valence-corrected chi connectivity index (χ3v) is 3.22. The number of benzene rings is 2. The molecule has 4 heteroatoms. The summed E-state index contributed by atoms with van der Waals surface area (Å²) in [6, 6.07) is 17.9. The SMILES string of the molecule is COC(=O)C(=C=C=C(C(=O)OC)c1ccccc1)c1ccccc1. The van der Waals surface area contributed by atoms with Crippen molar-refractivity contribution in [3.8, 4) is 0 Å². The maximum absolute atomic E-state index is 12.0. The molecular formula is C20H16O4. The van der Waals surface area contributed by atoms with Crippen molar-refractivity contribution < 1.29 is 19.1 Å². The van der Waals surface area contributed by atoms with Gasteiger partial charge in [0.15, 0.2) is 0 Å². The first-order valence-corrected chi connectivity index (χ1v) is 7.20. The van der Waals surface area contributed by atoms with Gasteiger partial charge in [-0.3, -0.25) is 0 Å². The van der Waals surface area contributed by atoms with Crippen LogP contribution in [-0.2, 0) is 19.1 Å². The van der Waals surface area contributed by atoms with Gasteiger partial charge in [-0.2, -0.15) is 0 Å². The smallest absolute Gasteiger partial charge is 0.347 e. The van der Waals surface area contributed by atoms with E-state index < -0.39 is 11.9 Å². The van der Waals surface area contributed by atoms with Gasteiger partial charge in [0.1, 0.15) is 11.1 Å². The van der Waals surface area contributed by atoms with Gasteiger partial charge in [0.25, 0.3) is 0 Å². The lowest BCUT2D eigenvalue weighted by Crippen LogP contribution is -2.04. The summed E-state index contributed by atoms with van der Waals surface area (Å²) < 4.78 is 9.58. The highest BCUT2D eigenvalue weighted by Gasteiger charge is 2.13. The number of carbonyl (C=O) groups excluding carboxylic acids is 2. The first kappa shape index (κ1) is 17.0. The minimum absolute atomic E-state index is 0.176. The number of carbonyl (C=O) groups is 2. The molecule has 0 unspecified atom stereocenters. The van der Waals surface area contributed by atoms with Gasteiger partial charge < -0.3 is 9.47 Å². The first-order chi connectivity index (χ1) is 11.7. The van der Waals surface area contributed by atoms with E-state index in [0.717, 1.165) is 0 Å². The Labute approximate surface area is 140 Å². The van der Waals surface area contributed by atoms with E-state index in [1.54, 1.807) is 48.5 Å². The van der Waals surface area contributed by atoms with Crippen LogP contribution in [0.15, 0.2) is 72.1 Å². The summed E-state index contributed by atoms with van der Waals surface area (Å²) in [7, 11) is 2.57. The van der Waals surface area contributed by atoms with Crippen molar-refractivity contribution in [3.63, 3.8) is 0 Å². The minimum Gasteiger partial charge on any atom is -0.465 e. The van der Waals surface area contributed by atoms with Crippen molar-refractivity contribution in [2.75, 3.05) is 14.2 Å². The average Bonchev–Trinajstić information content (AvgIpc) is 2.65. The molecule has 2 aromatic rings. The molecule has 120 valence electrons. The summed E-state index contributed by atoms with van der Waals surface area (Å²) in [4.78, 5) is 24.0. The summed E-state index contributed by atoms with van der Waals surface area (Å²) in [6.45, 7) is 0. The standard InChI is InChI=1S/C20H16O4/c1-23-19(21)17(15-9-5-3-6-10-15)13-14-18(20(22)24-2)16-11-7-4-8-12-16/h3-12H,1-2H3. The lowest BCUT2D eigenvalue weighted by Gasteiger charge is -2.03. The number of ether oxygens (including phenoxy) is 2. The zero-order valence-corrected chi connectivity index (χ0v) is 13.4. The Kier molecular flexibility index (Phi) is 5.93. The first-order valence-electron chi connectivity index (χ1n) is 7.20. The molecular weight excluding hydrogens is 304 g/mol. The van der Waals surface area contributed by atoms with Gasteiger partial charge in [0.2, 0.25) is 0 Å². The number of rotatable bonds is 4. The van der Waals surface area contributed by atoms with Crippen molar-refractivity contribution in [2.45, 2.75) is 0 Å². The number of hydrogen-bond donors (Lipinski definition) is 0. The highest BCUT2D eigenvalue weighted by Crippen LogP contribution is 2.17. The normalized spacial score (nSPS) is 9.25. The lowest BCUT2D eigenvalue weighted by atomic mass is 10.1. The van der Waals surface area contributed by atoms with Crippen LogP contribution in [-0.4, -0.2) is 26.2 Å². The maximum atomic E-state index is 12.0.